The molecule has 0 saturated heterocycles. The number of aryl methyl sites for hydroxylation is 3. The third-order valence-corrected chi connectivity index (χ3v) is 4.57. The molecule has 118 valence electrons. The molecule has 0 spiro atoms. The number of fused-ring (bicyclic) bond motifs is 3. The maximum Gasteiger partial charge on any atom is 0.133 e. The second kappa shape index (κ2) is 5.41. The van der Waals surface area contributed by atoms with Crippen molar-refractivity contribution in [3.63, 3.8) is 0 Å². The first-order chi connectivity index (χ1) is 11.5. The lowest BCUT2D eigenvalue weighted by Gasteiger charge is -2.12. The third kappa shape index (κ3) is 2.26. The molecule has 0 aliphatic rings. The fourth-order valence-corrected chi connectivity index (χ4v) is 3.56. The molecule has 0 fully saturated rings. The van der Waals surface area contributed by atoms with Gasteiger partial charge in [0.25, 0.3) is 0 Å². The molecule has 2 heteroatoms. The highest BCUT2D eigenvalue weighted by atomic mass is 19.1. The van der Waals surface area contributed by atoms with Crippen molar-refractivity contribution in [1.82, 2.24) is 4.98 Å². The summed E-state index contributed by atoms with van der Waals surface area (Å²) in [5.74, 6) is -0.214. The van der Waals surface area contributed by atoms with Gasteiger partial charge in [0.2, 0.25) is 0 Å². The van der Waals surface area contributed by atoms with Crippen LogP contribution in [-0.2, 0) is 0 Å². The SMILES string of the molecule is Cc1cc(C)cc(-c2nccc3c2c(F)cc2c(C)cccc23)c1. The fraction of sp³-hybridized carbons (Fsp3) is 0.136. The molecule has 0 bridgehead atoms. The van der Waals surface area contributed by atoms with Crippen molar-refractivity contribution in [3.05, 3.63) is 77.2 Å². The number of benzene rings is 3. The second-order valence-electron chi connectivity index (χ2n) is 6.49. The Morgan fingerprint density at radius 2 is 1.54 bits per heavy atom. The minimum Gasteiger partial charge on any atom is -0.255 e. The van der Waals surface area contributed by atoms with Gasteiger partial charge in [-0.3, -0.25) is 4.98 Å². The predicted molar refractivity (Wildman–Crippen MR) is 98.9 cm³/mol. The molecule has 0 aliphatic heterocycles. The average molecular weight is 315 g/mol. The van der Waals surface area contributed by atoms with E-state index >= 15 is 4.39 Å². The van der Waals surface area contributed by atoms with Gasteiger partial charge in [-0.1, -0.05) is 35.4 Å². The fourth-order valence-electron chi connectivity index (χ4n) is 3.56. The summed E-state index contributed by atoms with van der Waals surface area (Å²) in [6.07, 6.45) is 1.77. The second-order valence-corrected chi connectivity index (χ2v) is 6.49. The minimum atomic E-state index is -0.214. The van der Waals surface area contributed by atoms with Crippen molar-refractivity contribution in [2.75, 3.05) is 0 Å². The van der Waals surface area contributed by atoms with Gasteiger partial charge in [0.1, 0.15) is 5.82 Å². The van der Waals surface area contributed by atoms with Crippen LogP contribution in [0.5, 0.6) is 0 Å². The van der Waals surface area contributed by atoms with Crippen LogP contribution in [0.2, 0.25) is 0 Å². The zero-order chi connectivity index (χ0) is 16.8. The van der Waals surface area contributed by atoms with E-state index in [1.54, 1.807) is 12.3 Å². The van der Waals surface area contributed by atoms with Crippen molar-refractivity contribution >= 4 is 21.5 Å². The van der Waals surface area contributed by atoms with E-state index in [1.165, 1.54) is 0 Å². The van der Waals surface area contributed by atoms with Gasteiger partial charge >= 0.3 is 0 Å². The van der Waals surface area contributed by atoms with Gasteiger partial charge in [0.15, 0.2) is 0 Å². The maximum atomic E-state index is 15.0. The van der Waals surface area contributed by atoms with E-state index in [0.29, 0.717) is 11.1 Å². The van der Waals surface area contributed by atoms with Crippen LogP contribution < -0.4 is 0 Å². The van der Waals surface area contributed by atoms with Crippen molar-refractivity contribution in [1.29, 1.82) is 0 Å². The van der Waals surface area contributed by atoms with E-state index in [4.69, 9.17) is 0 Å². The number of hydrogen-bond acceptors (Lipinski definition) is 1. The number of nitrogens with zero attached hydrogens (tertiary/aromatic N) is 1. The molecule has 0 N–H and O–H groups in total. The molecular formula is C22H18FN. The van der Waals surface area contributed by atoms with Gasteiger partial charge < -0.3 is 0 Å². The van der Waals surface area contributed by atoms with Gasteiger partial charge in [-0.15, -0.1) is 0 Å². The Morgan fingerprint density at radius 3 is 2.29 bits per heavy atom. The number of pyridine rings is 1. The zero-order valence-electron chi connectivity index (χ0n) is 14.0. The quantitative estimate of drug-likeness (QED) is 0.386. The van der Waals surface area contributed by atoms with Crippen molar-refractivity contribution < 1.29 is 4.39 Å². The van der Waals surface area contributed by atoms with E-state index < -0.39 is 0 Å². The molecule has 1 heterocycles. The molecule has 0 aliphatic carbocycles. The Bertz CT molecular complexity index is 1080. The normalized spacial score (nSPS) is 11.3. The molecule has 24 heavy (non-hydrogen) atoms. The maximum absolute atomic E-state index is 15.0. The molecule has 0 amide bonds. The number of aromatic nitrogens is 1. The van der Waals surface area contributed by atoms with Gasteiger partial charge in [0, 0.05) is 17.1 Å². The van der Waals surface area contributed by atoms with E-state index in [2.05, 4.69) is 43.1 Å². The lowest BCUT2D eigenvalue weighted by molar-refractivity contribution is 0.641. The highest BCUT2D eigenvalue weighted by Crippen LogP contribution is 2.35. The molecule has 1 aromatic heterocycles. The molecular weight excluding hydrogens is 297 g/mol. The third-order valence-electron chi connectivity index (χ3n) is 4.57. The van der Waals surface area contributed by atoms with E-state index in [-0.39, 0.29) is 5.82 Å². The summed E-state index contributed by atoms with van der Waals surface area (Å²) in [5.41, 5.74) is 5.06. The highest BCUT2D eigenvalue weighted by Gasteiger charge is 2.14. The highest BCUT2D eigenvalue weighted by molar-refractivity contribution is 6.12. The minimum absolute atomic E-state index is 0.214. The molecule has 0 unspecified atom stereocenters. The molecule has 0 atom stereocenters. The topological polar surface area (TPSA) is 12.9 Å². The van der Waals surface area contributed by atoms with Crippen LogP contribution in [-0.4, -0.2) is 4.98 Å². The Morgan fingerprint density at radius 1 is 0.792 bits per heavy atom. The molecule has 0 saturated carbocycles. The first-order valence-corrected chi connectivity index (χ1v) is 8.10. The van der Waals surface area contributed by atoms with Crippen molar-refractivity contribution in [2.24, 2.45) is 0 Å². The number of rotatable bonds is 1. The molecule has 0 radical (unpaired) electrons. The average Bonchev–Trinajstić information content (AvgIpc) is 2.55. The molecule has 1 nitrogen and oxygen atoms in total. The van der Waals surface area contributed by atoms with E-state index in [1.807, 2.05) is 25.1 Å². The van der Waals surface area contributed by atoms with Gasteiger partial charge in [-0.2, -0.15) is 0 Å². The molecule has 3 aromatic carbocycles. The Balaban J connectivity index is 2.15. The van der Waals surface area contributed by atoms with Crippen LogP contribution >= 0.6 is 0 Å². The van der Waals surface area contributed by atoms with Gasteiger partial charge in [-0.05, 0) is 66.8 Å². The predicted octanol–water partition coefficient (Wildman–Crippen LogP) is 6.12. The largest absolute Gasteiger partial charge is 0.255 e. The van der Waals surface area contributed by atoms with Crippen LogP contribution in [0.3, 0.4) is 0 Å². The van der Waals surface area contributed by atoms with Crippen LogP contribution in [0.1, 0.15) is 16.7 Å². The van der Waals surface area contributed by atoms with Crippen LogP contribution in [0.25, 0.3) is 32.8 Å². The summed E-state index contributed by atoms with van der Waals surface area (Å²) in [6.45, 7) is 6.12. The van der Waals surface area contributed by atoms with E-state index in [0.717, 1.165) is 38.4 Å². The Labute approximate surface area is 140 Å². The molecule has 4 aromatic rings. The van der Waals surface area contributed by atoms with Crippen LogP contribution in [0.15, 0.2) is 54.7 Å². The van der Waals surface area contributed by atoms with Crippen molar-refractivity contribution in [3.8, 4) is 11.3 Å². The summed E-state index contributed by atoms with van der Waals surface area (Å²) in [5, 5.41) is 3.54. The summed E-state index contributed by atoms with van der Waals surface area (Å²) >= 11 is 0. The lowest BCUT2D eigenvalue weighted by Crippen LogP contribution is -1.93. The molecule has 4 rings (SSSR count). The smallest absolute Gasteiger partial charge is 0.133 e. The van der Waals surface area contributed by atoms with Gasteiger partial charge in [0.05, 0.1) is 5.69 Å². The van der Waals surface area contributed by atoms with Gasteiger partial charge in [-0.25, -0.2) is 4.39 Å². The van der Waals surface area contributed by atoms with E-state index in [9.17, 15) is 0 Å². The summed E-state index contributed by atoms with van der Waals surface area (Å²) in [7, 11) is 0. The van der Waals surface area contributed by atoms with Crippen molar-refractivity contribution in [2.45, 2.75) is 20.8 Å². The first-order valence-electron chi connectivity index (χ1n) is 8.10. The summed E-state index contributed by atoms with van der Waals surface area (Å²) in [4.78, 5) is 4.51. The Hall–Kier alpha value is -2.74. The number of halogens is 1. The summed E-state index contributed by atoms with van der Waals surface area (Å²) in [6, 6.07) is 15.9. The standard InChI is InChI=1S/C22H18FN/c1-13-9-14(2)11-16(10-13)22-21-18(7-8-24-22)17-6-4-5-15(3)19(17)12-20(21)23/h4-12H,1-3H3. The monoisotopic (exact) mass is 315 g/mol. The van der Waals surface area contributed by atoms with Crippen LogP contribution in [0.4, 0.5) is 4.39 Å². The summed E-state index contributed by atoms with van der Waals surface area (Å²) < 4.78 is 15.0. The zero-order valence-corrected chi connectivity index (χ0v) is 14.0. The first kappa shape index (κ1) is 14.8. The Kier molecular flexibility index (Phi) is 3.34. The lowest BCUT2D eigenvalue weighted by atomic mass is 9.95. The van der Waals surface area contributed by atoms with Crippen LogP contribution in [0, 0.1) is 26.6 Å². The number of hydrogen-bond donors (Lipinski definition) is 0.